The minimum Gasteiger partial charge on any atom is -0.493 e. The quantitative estimate of drug-likeness (QED) is 0.196. The second-order valence-electron chi connectivity index (χ2n) is 6.79. The average Bonchev–Trinajstić information content (AvgIpc) is 2.77. The number of nitro groups is 1. The minimum absolute atomic E-state index is 0.0560. The van der Waals surface area contributed by atoms with Crippen LogP contribution in [0.2, 0.25) is 0 Å². The topological polar surface area (TPSA) is 107 Å². The molecule has 0 aromatic heterocycles. The fourth-order valence-corrected chi connectivity index (χ4v) is 2.73. The number of hydrogen-bond donors (Lipinski definition) is 2. The molecule has 2 aromatic rings. The van der Waals surface area contributed by atoms with Gasteiger partial charge in [0.25, 0.3) is 5.69 Å². The molecule has 0 atom stereocenters. The molecule has 0 radical (unpaired) electrons. The Morgan fingerprint density at radius 3 is 2.13 bits per heavy atom. The van der Waals surface area contributed by atoms with Crippen molar-refractivity contribution in [1.82, 2.24) is 10.6 Å². The highest BCUT2D eigenvalue weighted by Crippen LogP contribution is 2.38. The Balaban J connectivity index is 2.17. The van der Waals surface area contributed by atoms with Crippen molar-refractivity contribution in [2.24, 2.45) is 4.99 Å². The molecule has 0 aliphatic heterocycles. The highest BCUT2D eigenvalue weighted by Gasteiger charge is 2.13. The number of methoxy groups -OCH3 is 3. The van der Waals surface area contributed by atoms with Gasteiger partial charge in [-0.25, -0.2) is 4.99 Å². The Morgan fingerprint density at radius 2 is 1.65 bits per heavy atom. The van der Waals surface area contributed by atoms with Gasteiger partial charge in [0.1, 0.15) is 0 Å². The van der Waals surface area contributed by atoms with Gasteiger partial charge in [0.2, 0.25) is 5.75 Å². The standard InChI is InChI=1S/C22H28N4O5/c1-15(2)12-23-22(24-13-16-6-8-18(9-7-16)26(27)28)25-14-17-10-19(29-3)21(31-5)20(11-17)30-4/h6-11H,1,12-14H2,2-5H3,(H2,23,24,25). The zero-order chi connectivity index (χ0) is 22.8. The van der Waals surface area contributed by atoms with E-state index in [0.717, 1.165) is 16.7 Å². The van der Waals surface area contributed by atoms with Gasteiger partial charge in [0.05, 0.1) is 32.8 Å². The number of aliphatic imine (C=N–C) groups is 1. The SMILES string of the molecule is C=C(C)CNC(=NCc1cc(OC)c(OC)c(OC)c1)NCc1ccc([N+](=O)[O-])cc1. The monoisotopic (exact) mass is 428 g/mol. The molecule has 0 unspecified atom stereocenters. The lowest BCUT2D eigenvalue weighted by molar-refractivity contribution is -0.384. The summed E-state index contributed by atoms with van der Waals surface area (Å²) in [4.78, 5) is 15.0. The van der Waals surface area contributed by atoms with Crippen LogP contribution in [-0.4, -0.2) is 38.8 Å². The van der Waals surface area contributed by atoms with Crippen molar-refractivity contribution < 1.29 is 19.1 Å². The molecule has 0 bridgehead atoms. The predicted octanol–water partition coefficient (Wildman–Crippen LogP) is 3.43. The van der Waals surface area contributed by atoms with Crippen LogP contribution >= 0.6 is 0 Å². The van der Waals surface area contributed by atoms with Crippen molar-refractivity contribution in [3.05, 3.63) is 69.8 Å². The molecule has 0 amide bonds. The van der Waals surface area contributed by atoms with E-state index in [9.17, 15) is 10.1 Å². The molecular weight excluding hydrogens is 400 g/mol. The molecule has 0 fully saturated rings. The van der Waals surface area contributed by atoms with E-state index in [4.69, 9.17) is 14.2 Å². The summed E-state index contributed by atoms with van der Waals surface area (Å²) >= 11 is 0. The van der Waals surface area contributed by atoms with E-state index in [1.807, 2.05) is 19.1 Å². The van der Waals surface area contributed by atoms with Gasteiger partial charge in [0.15, 0.2) is 17.5 Å². The number of nitrogens with zero attached hydrogens (tertiary/aromatic N) is 2. The fourth-order valence-electron chi connectivity index (χ4n) is 2.73. The molecule has 166 valence electrons. The van der Waals surface area contributed by atoms with Gasteiger partial charge in [-0.1, -0.05) is 24.3 Å². The number of benzene rings is 2. The number of nitro benzene ring substituents is 1. The van der Waals surface area contributed by atoms with Gasteiger partial charge < -0.3 is 24.8 Å². The second-order valence-corrected chi connectivity index (χ2v) is 6.79. The number of rotatable bonds is 10. The summed E-state index contributed by atoms with van der Waals surface area (Å²) in [6.07, 6.45) is 0. The molecular formula is C22H28N4O5. The molecule has 0 heterocycles. The molecule has 0 aliphatic carbocycles. The Labute approximate surface area is 181 Å². The Kier molecular flexibility index (Phi) is 8.68. The number of ether oxygens (including phenoxy) is 3. The highest BCUT2D eigenvalue weighted by molar-refractivity contribution is 5.80. The second kappa shape index (κ2) is 11.4. The molecule has 31 heavy (non-hydrogen) atoms. The highest BCUT2D eigenvalue weighted by atomic mass is 16.6. The first-order valence-corrected chi connectivity index (χ1v) is 9.56. The molecule has 9 nitrogen and oxygen atoms in total. The van der Waals surface area contributed by atoms with E-state index in [-0.39, 0.29) is 5.69 Å². The Bertz CT molecular complexity index is 916. The molecule has 0 spiro atoms. The van der Waals surface area contributed by atoms with Gasteiger partial charge in [-0.3, -0.25) is 10.1 Å². The van der Waals surface area contributed by atoms with Crippen LogP contribution in [0, 0.1) is 10.1 Å². The summed E-state index contributed by atoms with van der Waals surface area (Å²) in [5, 5.41) is 17.2. The first-order chi connectivity index (χ1) is 14.9. The fraction of sp³-hybridized carbons (Fsp3) is 0.318. The van der Waals surface area contributed by atoms with E-state index in [0.29, 0.717) is 42.8 Å². The van der Waals surface area contributed by atoms with Crippen molar-refractivity contribution in [3.63, 3.8) is 0 Å². The van der Waals surface area contributed by atoms with Crippen molar-refractivity contribution in [2.75, 3.05) is 27.9 Å². The first-order valence-electron chi connectivity index (χ1n) is 9.56. The van der Waals surface area contributed by atoms with Gasteiger partial charge in [-0.2, -0.15) is 0 Å². The van der Waals surface area contributed by atoms with Crippen LogP contribution < -0.4 is 24.8 Å². The van der Waals surface area contributed by atoms with E-state index in [1.54, 1.807) is 33.5 Å². The third kappa shape index (κ3) is 6.91. The minimum atomic E-state index is -0.421. The smallest absolute Gasteiger partial charge is 0.269 e. The van der Waals surface area contributed by atoms with Crippen molar-refractivity contribution >= 4 is 11.6 Å². The number of non-ortho nitro benzene ring substituents is 1. The van der Waals surface area contributed by atoms with Crippen LogP contribution in [0.4, 0.5) is 5.69 Å². The molecule has 2 aromatic carbocycles. The van der Waals surface area contributed by atoms with Crippen LogP contribution in [0.5, 0.6) is 17.2 Å². The zero-order valence-electron chi connectivity index (χ0n) is 18.2. The first kappa shape index (κ1) is 23.5. The largest absolute Gasteiger partial charge is 0.493 e. The number of nitrogens with one attached hydrogen (secondary N) is 2. The third-order valence-electron chi connectivity index (χ3n) is 4.31. The average molecular weight is 428 g/mol. The summed E-state index contributed by atoms with van der Waals surface area (Å²) in [7, 11) is 4.69. The summed E-state index contributed by atoms with van der Waals surface area (Å²) in [6, 6.07) is 10.1. The van der Waals surface area contributed by atoms with E-state index >= 15 is 0 Å². The van der Waals surface area contributed by atoms with Gasteiger partial charge in [-0.05, 0) is 30.2 Å². The van der Waals surface area contributed by atoms with Crippen molar-refractivity contribution in [3.8, 4) is 17.2 Å². The molecule has 0 aliphatic rings. The lowest BCUT2D eigenvalue weighted by Crippen LogP contribution is -2.37. The molecule has 9 heteroatoms. The maximum Gasteiger partial charge on any atom is 0.269 e. The molecule has 0 saturated heterocycles. The van der Waals surface area contributed by atoms with Crippen LogP contribution in [0.15, 0.2) is 53.5 Å². The van der Waals surface area contributed by atoms with Crippen LogP contribution in [0.3, 0.4) is 0 Å². The zero-order valence-corrected chi connectivity index (χ0v) is 18.2. The van der Waals surface area contributed by atoms with E-state index in [2.05, 4.69) is 22.2 Å². The predicted molar refractivity (Wildman–Crippen MR) is 120 cm³/mol. The summed E-state index contributed by atoms with van der Waals surface area (Å²) in [6.45, 7) is 7.19. The lowest BCUT2D eigenvalue weighted by atomic mass is 10.2. The van der Waals surface area contributed by atoms with Gasteiger partial charge in [0, 0.05) is 25.2 Å². The Hall–Kier alpha value is -3.75. The summed E-state index contributed by atoms with van der Waals surface area (Å²) in [5.74, 6) is 2.22. The number of guanidine groups is 1. The van der Waals surface area contributed by atoms with E-state index in [1.165, 1.54) is 12.1 Å². The van der Waals surface area contributed by atoms with Crippen molar-refractivity contribution in [1.29, 1.82) is 0 Å². The third-order valence-corrected chi connectivity index (χ3v) is 4.31. The van der Waals surface area contributed by atoms with Gasteiger partial charge >= 0.3 is 0 Å². The lowest BCUT2D eigenvalue weighted by Gasteiger charge is -2.15. The molecule has 2 rings (SSSR count). The normalized spacial score (nSPS) is 10.9. The van der Waals surface area contributed by atoms with Crippen molar-refractivity contribution in [2.45, 2.75) is 20.0 Å². The molecule has 2 N–H and O–H groups in total. The molecule has 0 saturated carbocycles. The van der Waals surface area contributed by atoms with Crippen LogP contribution in [-0.2, 0) is 13.1 Å². The maximum atomic E-state index is 10.8. The summed E-state index contributed by atoms with van der Waals surface area (Å²) in [5.41, 5.74) is 2.78. The number of hydrogen-bond acceptors (Lipinski definition) is 6. The van der Waals surface area contributed by atoms with Crippen LogP contribution in [0.25, 0.3) is 0 Å². The van der Waals surface area contributed by atoms with E-state index < -0.39 is 4.92 Å². The van der Waals surface area contributed by atoms with Crippen LogP contribution in [0.1, 0.15) is 18.1 Å². The Morgan fingerprint density at radius 1 is 1.03 bits per heavy atom. The van der Waals surface area contributed by atoms with Gasteiger partial charge in [-0.15, -0.1) is 0 Å². The summed E-state index contributed by atoms with van der Waals surface area (Å²) < 4.78 is 16.1. The maximum absolute atomic E-state index is 10.8.